The zero-order valence-corrected chi connectivity index (χ0v) is 18.4. The number of anilines is 2. The first-order valence-electron chi connectivity index (χ1n) is 9.61. The minimum absolute atomic E-state index is 0.0723. The highest BCUT2D eigenvalue weighted by molar-refractivity contribution is 7.89. The molecule has 0 heterocycles. The van der Waals surface area contributed by atoms with Crippen LogP contribution in [0.2, 0.25) is 0 Å². The molecule has 1 fully saturated rings. The Hall–Kier alpha value is -2.46. The number of methoxy groups -OCH3 is 2. The topological polar surface area (TPSA) is 76.7 Å². The van der Waals surface area contributed by atoms with Crippen LogP contribution in [0.4, 0.5) is 24.5 Å². The summed E-state index contributed by atoms with van der Waals surface area (Å²) >= 11 is 0. The Labute approximate surface area is 179 Å². The van der Waals surface area contributed by atoms with E-state index in [1.54, 1.807) is 32.0 Å². The number of hydrogen-bond acceptors (Lipinski definition) is 5. The third kappa shape index (κ3) is 5.43. The van der Waals surface area contributed by atoms with Gasteiger partial charge in [0.2, 0.25) is 10.0 Å². The second-order valence-electron chi connectivity index (χ2n) is 8.04. The van der Waals surface area contributed by atoms with Crippen molar-refractivity contribution < 1.29 is 31.1 Å². The molecule has 0 saturated heterocycles. The fraction of sp³-hybridized carbons (Fsp3) is 0.429. The molecule has 0 unspecified atom stereocenters. The molecule has 1 aliphatic carbocycles. The third-order valence-corrected chi connectivity index (χ3v) is 6.94. The van der Waals surface area contributed by atoms with Crippen molar-refractivity contribution in [3.63, 3.8) is 0 Å². The molecule has 2 aromatic rings. The van der Waals surface area contributed by atoms with Crippen molar-refractivity contribution in [3.05, 3.63) is 42.0 Å². The van der Waals surface area contributed by atoms with Gasteiger partial charge in [0.15, 0.2) is 0 Å². The molecule has 31 heavy (non-hydrogen) atoms. The Kier molecular flexibility index (Phi) is 6.16. The summed E-state index contributed by atoms with van der Waals surface area (Å²) in [5, 5.41) is 2.85. The quantitative estimate of drug-likeness (QED) is 0.587. The van der Waals surface area contributed by atoms with E-state index in [0.29, 0.717) is 17.2 Å². The molecule has 0 spiro atoms. The highest BCUT2D eigenvalue weighted by Gasteiger charge is 2.43. The number of hydrogen-bond donors (Lipinski definition) is 2. The monoisotopic (exact) mass is 458 g/mol. The predicted molar refractivity (Wildman–Crippen MR) is 111 cm³/mol. The Bertz CT molecular complexity index is 1040. The number of benzene rings is 2. The van der Waals surface area contributed by atoms with E-state index in [1.165, 1.54) is 20.3 Å². The second-order valence-corrected chi connectivity index (χ2v) is 9.69. The summed E-state index contributed by atoms with van der Waals surface area (Å²) in [6, 6.07) is 7.83. The Morgan fingerprint density at radius 1 is 0.935 bits per heavy atom. The average molecular weight is 459 g/mol. The van der Waals surface area contributed by atoms with Crippen LogP contribution in [0.25, 0.3) is 0 Å². The number of halogens is 3. The van der Waals surface area contributed by atoms with Gasteiger partial charge in [0.25, 0.3) is 0 Å². The lowest BCUT2D eigenvalue weighted by Crippen LogP contribution is -2.45. The summed E-state index contributed by atoms with van der Waals surface area (Å²) in [6.45, 7) is 3.36. The maximum atomic E-state index is 13.8. The summed E-state index contributed by atoms with van der Waals surface area (Å²) in [4.78, 5) is -0.803. The van der Waals surface area contributed by atoms with Crippen LogP contribution >= 0.6 is 0 Å². The molecule has 0 amide bonds. The standard InChI is InChI=1S/C21H25F3N2O4S/c1-20(2,13-5-6-13)26-31(27,28)19-8-7-14(11-18(19)21(22,23)24)25-15-9-16(29-3)12-17(10-15)30-4/h7-13,25-26H,5-6H2,1-4H3. The molecule has 2 aromatic carbocycles. The van der Waals surface area contributed by atoms with Gasteiger partial charge in [-0.2, -0.15) is 13.2 Å². The van der Waals surface area contributed by atoms with E-state index < -0.39 is 32.2 Å². The van der Waals surface area contributed by atoms with Gasteiger partial charge < -0.3 is 14.8 Å². The third-order valence-electron chi connectivity index (χ3n) is 5.21. The molecular weight excluding hydrogens is 433 g/mol. The summed E-state index contributed by atoms with van der Waals surface area (Å²) in [5.74, 6) is 1.01. The van der Waals surface area contributed by atoms with Crippen LogP contribution in [0.3, 0.4) is 0 Å². The number of alkyl halides is 3. The molecule has 0 atom stereocenters. The summed E-state index contributed by atoms with van der Waals surface area (Å²) in [6.07, 6.45) is -3.18. The van der Waals surface area contributed by atoms with Crippen molar-refractivity contribution in [2.75, 3.05) is 19.5 Å². The number of ether oxygens (including phenoxy) is 2. The molecule has 10 heteroatoms. The Morgan fingerprint density at radius 2 is 1.52 bits per heavy atom. The second kappa shape index (κ2) is 8.23. The van der Waals surface area contributed by atoms with Crippen molar-refractivity contribution in [3.8, 4) is 11.5 Å². The van der Waals surface area contributed by atoms with Gasteiger partial charge in [-0.15, -0.1) is 0 Å². The van der Waals surface area contributed by atoms with Gasteiger partial charge in [0.1, 0.15) is 11.5 Å². The summed E-state index contributed by atoms with van der Waals surface area (Å²) in [7, 11) is -1.48. The number of nitrogens with one attached hydrogen (secondary N) is 2. The maximum Gasteiger partial charge on any atom is 0.417 e. The predicted octanol–water partition coefficient (Wildman–Crippen LogP) is 4.93. The Balaban J connectivity index is 1.97. The highest BCUT2D eigenvalue weighted by atomic mass is 32.2. The van der Waals surface area contributed by atoms with Crippen LogP contribution in [-0.2, 0) is 16.2 Å². The highest BCUT2D eigenvalue weighted by Crippen LogP contribution is 2.41. The molecule has 3 rings (SSSR count). The van der Waals surface area contributed by atoms with Gasteiger partial charge in [0, 0.05) is 35.1 Å². The fourth-order valence-electron chi connectivity index (χ4n) is 3.40. The number of sulfonamides is 1. The van der Waals surface area contributed by atoms with E-state index in [-0.39, 0.29) is 11.6 Å². The molecule has 0 bridgehead atoms. The van der Waals surface area contributed by atoms with Crippen molar-refractivity contribution in [1.82, 2.24) is 4.72 Å². The molecule has 170 valence electrons. The average Bonchev–Trinajstić information content (AvgIpc) is 3.52. The van der Waals surface area contributed by atoms with Crippen LogP contribution in [0.5, 0.6) is 11.5 Å². The molecule has 1 aliphatic rings. The van der Waals surface area contributed by atoms with Gasteiger partial charge >= 0.3 is 6.18 Å². The molecule has 0 aromatic heterocycles. The normalized spacial score (nSPS) is 14.9. The first-order chi connectivity index (χ1) is 14.4. The first-order valence-corrected chi connectivity index (χ1v) is 11.1. The Morgan fingerprint density at radius 3 is 2.00 bits per heavy atom. The molecular formula is C21H25F3N2O4S. The summed E-state index contributed by atoms with van der Waals surface area (Å²) in [5.41, 5.74) is -1.57. The first kappa shape index (κ1) is 23.2. The molecule has 1 saturated carbocycles. The SMILES string of the molecule is COc1cc(Nc2ccc(S(=O)(=O)NC(C)(C)C3CC3)c(C(F)(F)F)c2)cc(OC)c1. The largest absolute Gasteiger partial charge is 0.497 e. The van der Waals surface area contributed by atoms with Crippen molar-refractivity contribution in [2.45, 2.75) is 43.3 Å². The molecule has 6 nitrogen and oxygen atoms in total. The lowest BCUT2D eigenvalue weighted by Gasteiger charge is -2.27. The van der Waals surface area contributed by atoms with E-state index in [4.69, 9.17) is 9.47 Å². The van der Waals surface area contributed by atoms with Crippen molar-refractivity contribution in [1.29, 1.82) is 0 Å². The van der Waals surface area contributed by atoms with Crippen LogP contribution in [0.1, 0.15) is 32.3 Å². The van der Waals surface area contributed by atoms with Crippen LogP contribution in [-0.4, -0.2) is 28.2 Å². The zero-order chi connectivity index (χ0) is 23.0. The van der Waals surface area contributed by atoms with Crippen LogP contribution in [0.15, 0.2) is 41.3 Å². The lowest BCUT2D eigenvalue weighted by atomic mass is 10.0. The van der Waals surface area contributed by atoms with Crippen LogP contribution < -0.4 is 19.5 Å². The molecule has 2 N–H and O–H groups in total. The van der Waals surface area contributed by atoms with Gasteiger partial charge in [-0.05, 0) is 50.8 Å². The van der Waals surface area contributed by atoms with E-state index >= 15 is 0 Å². The zero-order valence-electron chi connectivity index (χ0n) is 17.6. The smallest absolute Gasteiger partial charge is 0.417 e. The fourth-order valence-corrected chi connectivity index (χ4v) is 5.08. The maximum absolute atomic E-state index is 13.8. The van der Waals surface area contributed by atoms with E-state index in [9.17, 15) is 21.6 Å². The van der Waals surface area contributed by atoms with Gasteiger partial charge in [0.05, 0.1) is 24.7 Å². The van der Waals surface area contributed by atoms with Gasteiger partial charge in [-0.3, -0.25) is 0 Å². The van der Waals surface area contributed by atoms with E-state index in [0.717, 1.165) is 25.0 Å². The minimum atomic E-state index is -4.86. The van der Waals surface area contributed by atoms with Crippen LogP contribution in [0, 0.1) is 5.92 Å². The molecule has 0 radical (unpaired) electrons. The van der Waals surface area contributed by atoms with E-state index in [2.05, 4.69) is 10.0 Å². The van der Waals surface area contributed by atoms with E-state index in [1.807, 2.05) is 0 Å². The van der Waals surface area contributed by atoms with Crippen molar-refractivity contribution in [2.24, 2.45) is 5.92 Å². The van der Waals surface area contributed by atoms with Gasteiger partial charge in [-0.25, -0.2) is 13.1 Å². The number of rotatable bonds is 8. The van der Waals surface area contributed by atoms with Crippen molar-refractivity contribution >= 4 is 21.4 Å². The lowest BCUT2D eigenvalue weighted by molar-refractivity contribution is -0.139. The minimum Gasteiger partial charge on any atom is -0.497 e. The summed E-state index contributed by atoms with van der Waals surface area (Å²) < 4.78 is 79.7. The molecule has 0 aliphatic heterocycles. The van der Waals surface area contributed by atoms with Gasteiger partial charge in [-0.1, -0.05) is 0 Å².